The number of hydrogen-bond donors (Lipinski definition) is 1. The zero-order valence-corrected chi connectivity index (χ0v) is 15.8. The summed E-state index contributed by atoms with van der Waals surface area (Å²) in [4.78, 5) is 0. The van der Waals surface area contributed by atoms with E-state index in [2.05, 4.69) is 64.9 Å². The molecule has 0 amide bonds. The number of ether oxygens (including phenoxy) is 2. The molecule has 3 nitrogen and oxygen atoms in total. The van der Waals surface area contributed by atoms with Gasteiger partial charge >= 0.3 is 0 Å². The van der Waals surface area contributed by atoms with Crippen LogP contribution in [0.15, 0.2) is 21.1 Å². The van der Waals surface area contributed by atoms with Crippen molar-refractivity contribution in [1.82, 2.24) is 5.32 Å². The molecule has 0 aliphatic rings. The van der Waals surface area contributed by atoms with E-state index in [1.807, 2.05) is 12.1 Å². The Labute approximate surface area is 138 Å². The first-order chi connectivity index (χ1) is 9.35. The highest BCUT2D eigenvalue weighted by Crippen LogP contribution is 2.36. The van der Waals surface area contributed by atoms with E-state index in [9.17, 15) is 0 Å². The molecule has 0 heterocycles. The van der Waals surface area contributed by atoms with Crippen molar-refractivity contribution in [3.05, 3.63) is 21.1 Å². The molecule has 1 aromatic carbocycles. The molecule has 0 saturated carbocycles. The van der Waals surface area contributed by atoms with Gasteiger partial charge in [0.1, 0.15) is 17.6 Å². The van der Waals surface area contributed by atoms with Gasteiger partial charge in [0, 0.05) is 12.6 Å². The number of halogens is 2. The van der Waals surface area contributed by atoms with Crippen LogP contribution in [-0.4, -0.2) is 25.8 Å². The minimum Gasteiger partial charge on any atom is -0.496 e. The maximum atomic E-state index is 6.14. The fourth-order valence-electron chi connectivity index (χ4n) is 1.69. The van der Waals surface area contributed by atoms with E-state index in [-0.39, 0.29) is 6.10 Å². The van der Waals surface area contributed by atoms with Crippen molar-refractivity contribution in [1.29, 1.82) is 0 Å². The Morgan fingerprint density at radius 1 is 1.05 bits per heavy atom. The highest BCUT2D eigenvalue weighted by atomic mass is 79.9. The van der Waals surface area contributed by atoms with Crippen LogP contribution in [0, 0.1) is 5.92 Å². The minimum atomic E-state index is 0.119. The van der Waals surface area contributed by atoms with Crippen molar-refractivity contribution in [2.75, 3.05) is 13.7 Å². The number of nitrogens with one attached hydrogen (secondary N) is 1. The quantitative estimate of drug-likeness (QED) is 0.713. The summed E-state index contributed by atoms with van der Waals surface area (Å²) >= 11 is 7.02. The second kappa shape index (κ2) is 8.25. The second-order valence-corrected chi connectivity index (χ2v) is 7.09. The Hall–Kier alpha value is -0.260. The lowest BCUT2D eigenvalue weighted by atomic mass is 10.1. The molecular formula is C15H23Br2NO2. The van der Waals surface area contributed by atoms with Gasteiger partial charge < -0.3 is 14.8 Å². The third-order valence-electron chi connectivity index (χ3n) is 2.96. The average molecular weight is 409 g/mol. The van der Waals surface area contributed by atoms with E-state index in [0.29, 0.717) is 12.0 Å². The van der Waals surface area contributed by atoms with Crippen molar-refractivity contribution < 1.29 is 9.47 Å². The maximum absolute atomic E-state index is 6.14. The molecule has 0 bridgehead atoms. The predicted octanol–water partition coefficient (Wildman–Crippen LogP) is 4.62. The molecule has 20 heavy (non-hydrogen) atoms. The van der Waals surface area contributed by atoms with E-state index in [4.69, 9.17) is 9.47 Å². The van der Waals surface area contributed by atoms with Gasteiger partial charge in [-0.3, -0.25) is 0 Å². The molecular weight excluding hydrogens is 386 g/mol. The predicted molar refractivity (Wildman–Crippen MR) is 90.8 cm³/mol. The molecule has 1 aromatic rings. The van der Waals surface area contributed by atoms with E-state index in [0.717, 1.165) is 27.0 Å². The molecule has 0 spiro atoms. The van der Waals surface area contributed by atoms with Crippen LogP contribution in [-0.2, 0) is 0 Å². The van der Waals surface area contributed by atoms with Gasteiger partial charge in [-0.05, 0) is 49.9 Å². The van der Waals surface area contributed by atoms with Crippen molar-refractivity contribution in [2.45, 2.75) is 39.8 Å². The highest BCUT2D eigenvalue weighted by Gasteiger charge is 2.18. The van der Waals surface area contributed by atoms with Crippen LogP contribution in [0.25, 0.3) is 0 Å². The summed E-state index contributed by atoms with van der Waals surface area (Å²) in [6.45, 7) is 9.43. The SMILES string of the molecule is COc1cc(Br)c(OC(CNC(C)C)C(C)C)cc1Br. The van der Waals surface area contributed by atoms with Crippen LogP contribution in [0.2, 0.25) is 0 Å². The molecule has 0 radical (unpaired) electrons. The maximum Gasteiger partial charge on any atom is 0.135 e. The van der Waals surface area contributed by atoms with Gasteiger partial charge in [-0.25, -0.2) is 0 Å². The van der Waals surface area contributed by atoms with Crippen LogP contribution in [0.3, 0.4) is 0 Å². The van der Waals surface area contributed by atoms with Crippen molar-refractivity contribution in [2.24, 2.45) is 5.92 Å². The molecule has 5 heteroatoms. The van der Waals surface area contributed by atoms with Crippen molar-refractivity contribution in [3.8, 4) is 11.5 Å². The number of hydrogen-bond acceptors (Lipinski definition) is 3. The van der Waals surface area contributed by atoms with Crippen LogP contribution in [0.5, 0.6) is 11.5 Å². The highest BCUT2D eigenvalue weighted by molar-refractivity contribution is 9.11. The Morgan fingerprint density at radius 2 is 1.60 bits per heavy atom. The number of methoxy groups -OCH3 is 1. The Bertz CT molecular complexity index is 436. The van der Waals surface area contributed by atoms with Crippen LogP contribution >= 0.6 is 31.9 Å². The van der Waals surface area contributed by atoms with Gasteiger partial charge in [0.15, 0.2) is 0 Å². The number of benzene rings is 1. The lowest BCUT2D eigenvalue weighted by Gasteiger charge is -2.25. The van der Waals surface area contributed by atoms with E-state index in [1.165, 1.54) is 0 Å². The van der Waals surface area contributed by atoms with E-state index >= 15 is 0 Å². The molecule has 1 atom stereocenters. The smallest absolute Gasteiger partial charge is 0.135 e. The lowest BCUT2D eigenvalue weighted by Crippen LogP contribution is -2.38. The standard InChI is InChI=1S/C15H23Br2NO2/c1-9(2)15(8-18-10(3)4)20-14-7-11(16)13(19-5)6-12(14)17/h6-7,9-10,15,18H,8H2,1-5H3. The van der Waals surface area contributed by atoms with E-state index in [1.54, 1.807) is 7.11 Å². The Morgan fingerprint density at radius 3 is 2.10 bits per heavy atom. The van der Waals surface area contributed by atoms with Gasteiger partial charge in [-0.2, -0.15) is 0 Å². The molecule has 0 aliphatic heterocycles. The average Bonchev–Trinajstić information content (AvgIpc) is 2.37. The lowest BCUT2D eigenvalue weighted by molar-refractivity contribution is 0.145. The first-order valence-corrected chi connectivity index (χ1v) is 8.36. The summed E-state index contributed by atoms with van der Waals surface area (Å²) in [5, 5.41) is 3.43. The third kappa shape index (κ3) is 5.26. The summed E-state index contributed by atoms with van der Waals surface area (Å²) in [7, 11) is 1.65. The summed E-state index contributed by atoms with van der Waals surface area (Å²) in [6, 6.07) is 4.30. The molecule has 1 rings (SSSR count). The fraction of sp³-hybridized carbons (Fsp3) is 0.600. The van der Waals surface area contributed by atoms with Crippen molar-refractivity contribution in [3.63, 3.8) is 0 Å². The molecule has 1 N–H and O–H groups in total. The zero-order chi connectivity index (χ0) is 15.3. The molecule has 0 aliphatic carbocycles. The Kier molecular flexibility index (Phi) is 7.34. The third-order valence-corrected chi connectivity index (χ3v) is 4.19. The van der Waals surface area contributed by atoms with Gasteiger partial charge in [0.05, 0.1) is 16.1 Å². The second-order valence-electron chi connectivity index (χ2n) is 5.38. The van der Waals surface area contributed by atoms with Crippen LogP contribution in [0.1, 0.15) is 27.7 Å². The van der Waals surface area contributed by atoms with Gasteiger partial charge in [-0.1, -0.05) is 27.7 Å². The topological polar surface area (TPSA) is 30.5 Å². The normalized spacial score (nSPS) is 12.8. The Balaban J connectivity index is 2.85. The van der Waals surface area contributed by atoms with Crippen molar-refractivity contribution >= 4 is 31.9 Å². The summed E-state index contributed by atoms with van der Waals surface area (Å²) < 4.78 is 13.2. The monoisotopic (exact) mass is 407 g/mol. The number of rotatable bonds is 7. The largest absolute Gasteiger partial charge is 0.496 e. The first-order valence-electron chi connectivity index (χ1n) is 6.78. The molecule has 0 aromatic heterocycles. The summed E-state index contributed by atoms with van der Waals surface area (Å²) in [5.41, 5.74) is 0. The molecule has 114 valence electrons. The first kappa shape index (κ1) is 17.8. The minimum absolute atomic E-state index is 0.119. The molecule has 1 unspecified atom stereocenters. The summed E-state index contributed by atoms with van der Waals surface area (Å²) in [6.07, 6.45) is 0.119. The molecule has 0 saturated heterocycles. The van der Waals surface area contributed by atoms with Crippen LogP contribution in [0.4, 0.5) is 0 Å². The van der Waals surface area contributed by atoms with Gasteiger partial charge in [-0.15, -0.1) is 0 Å². The van der Waals surface area contributed by atoms with Gasteiger partial charge in [0.25, 0.3) is 0 Å². The fourth-order valence-corrected chi connectivity index (χ4v) is 2.59. The van der Waals surface area contributed by atoms with Crippen LogP contribution < -0.4 is 14.8 Å². The molecule has 0 fully saturated rings. The van der Waals surface area contributed by atoms with Gasteiger partial charge in [0.2, 0.25) is 0 Å². The van der Waals surface area contributed by atoms with E-state index < -0.39 is 0 Å². The zero-order valence-electron chi connectivity index (χ0n) is 12.7. The summed E-state index contributed by atoms with van der Waals surface area (Å²) in [5.74, 6) is 2.03.